The minimum atomic E-state index is -0.103. The van der Waals surface area contributed by atoms with Crippen molar-refractivity contribution >= 4 is 12.6 Å². The number of rotatable bonds is 9. The topological polar surface area (TPSA) is 72.0 Å². The molecule has 1 rings (SSSR count). The Balaban J connectivity index is 0.00000141. The van der Waals surface area contributed by atoms with Crippen molar-refractivity contribution in [3.8, 4) is 11.8 Å². The van der Waals surface area contributed by atoms with Gasteiger partial charge in [0.2, 0.25) is 0 Å². The molecule has 0 unspecified atom stereocenters. The third-order valence-corrected chi connectivity index (χ3v) is 3.69. The summed E-state index contributed by atoms with van der Waals surface area (Å²) in [6.07, 6.45) is 2.39. The van der Waals surface area contributed by atoms with E-state index in [0.717, 1.165) is 32.6 Å². The Bertz CT molecular complexity index is 520. The fraction of sp³-hybridized carbons (Fsp3) is 0.579. The van der Waals surface area contributed by atoms with Gasteiger partial charge in [-0.05, 0) is 33.2 Å². The van der Waals surface area contributed by atoms with Gasteiger partial charge < -0.3 is 20.9 Å². The van der Waals surface area contributed by atoms with Crippen LogP contribution < -0.4 is 16.0 Å². The van der Waals surface area contributed by atoms with E-state index in [1.807, 2.05) is 20.8 Å². The Labute approximate surface area is 158 Å². The normalized spacial score (nSPS) is 14.5. The first-order valence-corrected chi connectivity index (χ1v) is 8.89. The summed E-state index contributed by atoms with van der Waals surface area (Å²) < 4.78 is 0. The summed E-state index contributed by atoms with van der Waals surface area (Å²) in [6, 6.07) is 0. The van der Waals surface area contributed by atoms with Crippen LogP contribution in [0.25, 0.3) is 0 Å². The first-order valence-electron chi connectivity index (χ1n) is 8.89. The molecular formula is C19H34N6O. The van der Waals surface area contributed by atoms with E-state index in [2.05, 4.69) is 51.0 Å². The van der Waals surface area contributed by atoms with Crippen LogP contribution in [-0.2, 0) is 4.79 Å². The van der Waals surface area contributed by atoms with Crippen molar-refractivity contribution in [2.24, 2.45) is 4.99 Å². The van der Waals surface area contributed by atoms with Gasteiger partial charge in [-0.15, -0.1) is 11.8 Å². The first kappa shape index (κ1) is 23.7. The van der Waals surface area contributed by atoms with Crippen molar-refractivity contribution < 1.29 is 4.79 Å². The van der Waals surface area contributed by atoms with Gasteiger partial charge in [-0.25, -0.2) is 4.99 Å². The highest BCUT2D eigenvalue weighted by atomic mass is 16.2. The Morgan fingerprint density at radius 3 is 2.42 bits per heavy atom. The van der Waals surface area contributed by atoms with Crippen molar-refractivity contribution in [2.45, 2.75) is 27.2 Å². The number of aliphatic imine (C=N–C) groups is 1. The van der Waals surface area contributed by atoms with Gasteiger partial charge in [-0.3, -0.25) is 9.69 Å². The van der Waals surface area contributed by atoms with Crippen molar-refractivity contribution in [3.63, 3.8) is 0 Å². The van der Waals surface area contributed by atoms with Gasteiger partial charge in [-0.2, -0.15) is 0 Å². The second-order valence-electron chi connectivity index (χ2n) is 5.66. The SMILES string of the molecule is C=CN/C(N=C)=C(/NCN1CCNCC1)C(=O)N(C)CCC.CC#CC. The van der Waals surface area contributed by atoms with Gasteiger partial charge >= 0.3 is 0 Å². The van der Waals surface area contributed by atoms with E-state index in [4.69, 9.17) is 0 Å². The zero-order chi connectivity index (χ0) is 19.8. The molecule has 0 atom stereocenters. The molecule has 1 fully saturated rings. The maximum atomic E-state index is 12.6. The molecule has 1 heterocycles. The monoisotopic (exact) mass is 362 g/mol. The zero-order valence-corrected chi connectivity index (χ0v) is 16.7. The molecule has 7 heteroatoms. The summed E-state index contributed by atoms with van der Waals surface area (Å²) in [5, 5.41) is 9.38. The lowest BCUT2D eigenvalue weighted by molar-refractivity contribution is -0.126. The van der Waals surface area contributed by atoms with Crippen LogP contribution in [0, 0.1) is 11.8 Å². The van der Waals surface area contributed by atoms with E-state index in [9.17, 15) is 4.79 Å². The largest absolute Gasteiger partial charge is 0.365 e. The van der Waals surface area contributed by atoms with Gasteiger partial charge in [0.05, 0.1) is 6.67 Å². The van der Waals surface area contributed by atoms with Gasteiger partial charge in [0.1, 0.15) is 5.70 Å². The number of hydrogen-bond donors (Lipinski definition) is 3. The summed E-state index contributed by atoms with van der Waals surface area (Å²) in [4.78, 5) is 20.4. The molecule has 1 saturated heterocycles. The zero-order valence-electron chi connectivity index (χ0n) is 16.7. The van der Waals surface area contributed by atoms with Crippen LogP contribution in [-0.4, -0.2) is 68.9 Å². The summed E-state index contributed by atoms with van der Waals surface area (Å²) in [7, 11) is 1.78. The van der Waals surface area contributed by atoms with Crippen molar-refractivity contribution in [1.29, 1.82) is 0 Å². The highest BCUT2D eigenvalue weighted by Gasteiger charge is 2.20. The Morgan fingerprint density at radius 2 is 1.96 bits per heavy atom. The van der Waals surface area contributed by atoms with Crippen LogP contribution in [0.5, 0.6) is 0 Å². The summed E-state index contributed by atoms with van der Waals surface area (Å²) in [5.41, 5.74) is 0.421. The van der Waals surface area contributed by atoms with Crippen LogP contribution in [0.15, 0.2) is 29.3 Å². The quantitative estimate of drug-likeness (QED) is 0.323. The van der Waals surface area contributed by atoms with Gasteiger partial charge in [0.15, 0.2) is 5.82 Å². The van der Waals surface area contributed by atoms with E-state index in [-0.39, 0.29) is 5.91 Å². The second-order valence-corrected chi connectivity index (χ2v) is 5.66. The maximum absolute atomic E-state index is 12.6. The van der Waals surface area contributed by atoms with Crippen LogP contribution in [0.4, 0.5) is 0 Å². The van der Waals surface area contributed by atoms with E-state index >= 15 is 0 Å². The summed E-state index contributed by atoms with van der Waals surface area (Å²) in [6.45, 7) is 17.9. The van der Waals surface area contributed by atoms with Crippen molar-refractivity contribution in [1.82, 2.24) is 25.8 Å². The molecule has 0 aromatic carbocycles. The first-order chi connectivity index (χ1) is 12.5. The predicted molar refractivity (Wildman–Crippen MR) is 109 cm³/mol. The lowest BCUT2D eigenvalue weighted by Gasteiger charge is -2.29. The molecule has 0 spiro atoms. The standard InChI is InChI=1S/C15H28N6O.C4H6/c1-5-9-20(4)15(22)13(14(16-3)18-6-2)19-12-21-10-7-17-8-11-21;1-3-4-2/h6,17-19H,2-3,5,7-12H2,1,4H3;1-2H3/b14-13+;. The van der Waals surface area contributed by atoms with Gasteiger partial charge in [0, 0.05) is 39.8 Å². The number of carbonyl (C=O) groups is 1. The molecule has 1 aliphatic rings. The molecule has 146 valence electrons. The molecule has 0 aliphatic carbocycles. The molecule has 0 radical (unpaired) electrons. The highest BCUT2D eigenvalue weighted by molar-refractivity contribution is 5.93. The highest BCUT2D eigenvalue weighted by Crippen LogP contribution is 2.05. The van der Waals surface area contributed by atoms with Crippen LogP contribution in [0.1, 0.15) is 27.2 Å². The van der Waals surface area contributed by atoms with Crippen molar-refractivity contribution in [2.75, 3.05) is 46.4 Å². The lowest BCUT2D eigenvalue weighted by atomic mass is 10.3. The third-order valence-electron chi connectivity index (χ3n) is 3.69. The van der Waals surface area contributed by atoms with Gasteiger partial charge in [-0.1, -0.05) is 13.5 Å². The average molecular weight is 363 g/mol. The Hall–Kier alpha value is -2.30. The summed E-state index contributed by atoms with van der Waals surface area (Å²) >= 11 is 0. The fourth-order valence-corrected chi connectivity index (χ4v) is 2.24. The van der Waals surface area contributed by atoms with Crippen LogP contribution in [0.2, 0.25) is 0 Å². The minimum Gasteiger partial charge on any atom is -0.365 e. The molecule has 0 bridgehead atoms. The molecule has 0 aromatic heterocycles. The van der Waals surface area contributed by atoms with E-state index < -0.39 is 0 Å². The fourth-order valence-electron chi connectivity index (χ4n) is 2.24. The molecule has 7 nitrogen and oxygen atoms in total. The average Bonchev–Trinajstić information content (AvgIpc) is 2.68. The molecule has 0 saturated carbocycles. The molecule has 3 N–H and O–H groups in total. The Kier molecular flexibility index (Phi) is 13.7. The Morgan fingerprint density at radius 1 is 1.35 bits per heavy atom. The number of likely N-dealkylation sites (N-methyl/N-ethyl adjacent to an activating group) is 1. The number of piperazine rings is 1. The summed E-state index contributed by atoms with van der Waals surface area (Å²) in [5.74, 6) is 5.66. The van der Waals surface area contributed by atoms with Crippen LogP contribution >= 0.6 is 0 Å². The van der Waals surface area contributed by atoms with E-state index in [1.54, 1.807) is 11.9 Å². The van der Waals surface area contributed by atoms with Crippen molar-refractivity contribution in [3.05, 3.63) is 24.3 Å². The third kappa shape index (κ3) is 9.25. The molecule has 1 amide bonds. The number of nitrogens with one attached hydrogen (secondary N) is 3. The molecule has 1 aliphatic heterocycles. The van der Waals surface area contributed by atoms with Crippen LogP contribution in [0.3, 0.4) is 0 Å². The number of hydrogen-bond acceptors (Lipinski definition) is 6. The second kappa shape index (κ2) is 15.0. The molecular weight excluding hydrogens is 328 g/mol. The van der Waals surface area contributed by atoms with E-state index in [0.29, 0.717) is 24.7 Å². The van der Waals surface area contributed by atoms with E-state index in [1.165, 1.54) is 6.20 Å². The smallest absolute Gasteiger partial charge is 0.273 e. The molecule has 26 heavy (non-hydrogen) atoms. The number of amides is 1. The predicted octanol–water partition coefficient (Wildman–Crippen LogP) is 0.940. The number of nitrogens with zero attached hydrogens (tertiary/aromatic N) is 3. The molecule has 0 aromatic rings. The van der Waals surface area contributed by atoms with Gasteiger partial charge in [0.25, 0.3) is 5.91 Å². The minimum absolute atomic E-state index is 0.103. The number of carbonyl (C=O) groups excluding carboxylic acids is 1. The maximum Gasteiger partial charge on any atom is 0.273 e. The lowest BCUT2D eigenvalue weighted by Crippen LogP contribution is -2.48.